The van der Waals surface area contributed by atoms with Crippen molar-refractivity contribution in [2.75, 3.05) is 31.5 Å². The maximum Gasteiger partial charge on any atom is 0.339 e. The minimum atomic E-state index is -0.952. The molecule has 0 aliphatic carbocycles. The number of anilines is 1. The lowest BCUT2D eigenvalue weighted by atomic mass is 10.2. The first-order valence-electron chi connectivity index (χ1n) is 6.33. The summed E-state index contributed by atoms with van der Waals surface area (Å²) in [5.74, 6) is -0.510. The van der Waals surface area contributed by atoms with Crippen LogP contribution in [0.4, 0.5) is 5.82 Å². The molecule has 0 fully saturated rings. The summed E-state index contributed by atoms with van der Waals surface area (Å²) in [5, 5.41) is 12.1. The molecule has 0 saturated carbocycles. The second kappa shape index (κ2) is 7.66. The van der Waals surface area contributed by atoms with Crippen LogP contribution in [0.15, 0.2) is 18.3 Å². The molecule has 0 spiro atoms. The minimum Gasteiger partial charge on any atom is -0.478 e. The fourth-order valence-electron chi connectivity index (χ4n) is 1.80. The van der Waals surface area contributed by atoms with Crippen LogP contribution in [0.3, 0.4) is 0 Å². The molecule has 0 aliphatic rings. The molecule has 1 aromatic heterocycles. The summed E-state index contributed by atoms with van der Waals surface area (Å²) in [6, 6.07) is 3.19. The lowest BCUT2D eigenvalue weighted by Crippen LogP contribution is -2.30. The number of nitrogens with one attached hydrogen (secondary N) is 1. The van der Waals surface area contributed by atoms with Gasteiger partial charge in [0.15, 0.2) is 0 Å². The van der Waals surface area contributed by atoms with Crippen LogP contribution in [0.1, 0.15) is 30.6 Å². The highest BCUT2D eigenvalue weighted by Gasteiger charge is 2.10. The summed E-state index contributed by atoms with van der Waals surface area (Å²) in [4.78, 5) is 17.4. The summed E-state index contributed by atoms with van der Waals surface area (Å²) in [7, 11) is 0. The van der Waals surface area contributed by atoms with Gasteiger partial charge in [0.05, 0.1) is 0 Å². The van der Waals surface area contributed by atoms with Crippen LogP contribution in [0, 0.1) is 0 Å². The molecule has 0 aliphatic heterocycles. The van der Waals surface area contributed by atoms with Gasteiger partial charge in [-0.15, -0.1) is 0 Å². The largest absolute Gasteiger partial charge is 0.478 e. The van der Waals surface area contributed by atoms with Crippen LogP contribution in [0.2, 0.25) is 0 Å². The summed E-state index contributed by atoms with van der Waals surface area (Å²) in [5.41, 5.74) is 0.219. The maximum absolute atomic E-state index is 11.0. The number of rotatable bonds is 8. The molecular formula is C13H21N3O2. The molecule has 0 amide bonds. The van der Waals surface area contributed by atoms with E-state index in [1.54, 1.807) is 18.3 Å². The molecule has 1 aromatic rings. The Hall–Kier alpha value is -1.62. The molecule has 2 N–H and O–H groups in total. The predicted octanol–water partition coefficient (Wildman–Crippen LogP) is 1.92. The van der Waals surface area contributed by atoms with E-state index in [1.165, 1.54) is 0 Å². The summed E-state index contributed by atoms with van der Waals surface area (Å²) in [6.07, 6.45) is 2.72. The molecule has 1 heterocycles. The molecule has 100 valence electrons. The Morgan fingerprint density at radius 2 is 2.22 bits per heavy atom. The van der Waals surface area contributed by atoms with Crippen LogP contribution in [0.5, 0.6) is 0 Å². The number of carboxylic acid groups (broad SMARTS) is 1. The topological polar surface area (TPSA) is 65.5 Å². The van der Waals surface area contributed by atoms with Gasteiger partial charge in [0.2, 0.25) is 0 Å². The van der Waals surface area contributed by atoms with E-state index in [-0.39, 0.29) is 5.56 Å². The van der Waals surface area contributed by atoms with E-state index in [1.807, 2.05) is 0 Å². The van der Waals surface area contributed by atoms with E-state index in [2.05, 4.69) is 29.0 Å². The molecular weight excluding hydrogens is 230 g/mol. The van der Waals surface area contributed by atoms with Gasteiger partial charge >= 0.3 is 5.97 Å². The van der Waals surface area contributed by atoms with Gasteiger partial charge in [0, 0.05) is 19.3 Å². The maximum atomic E-state index is 11.0. The molecule has 0 aromatic carbocycles. The number of carbonyl (C=O) groups is 1. The fourth-order valence-corrected chi connectivity index (χ4v) is 1.80. The number of pyridine rings is 1. The first-order valence-corrected chi connectivity index (χ1v) is 6.33. The van der Waals surface area contributed by atoms with Crippen molar-refractivity contribution in [1.29, 1.82) is 0 Å². The number of aromatic carboxylic acids is 1. The SMILES string of the molecule is CCCN(CC)CCNc1ncccc1C(=O)O. The first kappa shape index (κ1) is 14.4. The summed E-state index contributed by atoms with van der Waals surface area (Å²) in [6.45, 7) is 7.93. The Balaban J connectivity index is 2.50. The summed E-state index contributed by atoms with van der Waals surface area (Å²) >= 11 is 0. The van der Waals surface area contributed by atoms with Crippen molar-refractivity contribution < 1.29 is 9.90 Å². The monoisotopic (exact) mass is 251 g/mol. The molecule has 5 heteroatoms. The minimum absolute atomic E-state index is 0.219. The lowest BCUT2D eigenvalue weighted by Gasteiger charge is -2.19. The second-order valence-corrected chi connectivity index (χ2v) is 4.07. The van der Waals surface area contributed by atoms with Crippen LogP contribution >= 0.6 is 0 Å². The van der Waals surface area contributed by atoms with Crippen molar-refractivity contribution in [2.45, 2.75) is 20.3 Å². The standard InChI is InChI=1S/C13H21N3O2/c1-3-9-16(4-2)10-8-15-12-11(13(17)18)6-5-7-14-12/h5-7H,3-4,8-10H2,1-2H3,(H,14,15)(H,17,18). The smallest absolute Gasteiger partial charge is 0.339 e. The van der Waals surface area contributed by atoms with E-state index in [4.69, 9.17) is 5.11 Å². The zero-order valence-corrected chi connectivity index (χ0v) is 11.0. The van der Waals surface area contributed by atoms with Gasteiger partial charge in [-0.3, -0.25) is 0 Å². The highest BCUT2D eigenvalue weighted by Crippen LogP contribution is 2.10. The fraction of sp³-hybridized carbons (Fsp3) is 0.538. The van der Waals surface area contributed by atoms with E-state index in [0.29, 0.717) is 12.4 Å². The van der Waals surface area contributed by atoms with Gasteiger partial charge in [0.25, 0.3) is 0 Å². The third-order valence-electron chi connectivity index (χ3n) is 2.75. The van der Waals surface area contributed by atoms with Crippen LogP contribution in [-0.2, 0) is 0 Å². The number of carboxylic acids is 1. The van der Waals surface area contributed by atoms with Gasteiger partial charge < -0.3 is 15.3 Å². The number of aromatic nitrogens is 1. The van der Waals surface area contributed by atoms with Crippen LogP contribution in [-0.4, -0.2) is 47.1 Å². The van der Waals surface area contributed by atoms with Gasteiger partial charge in [-0.05, 0) is 31.6 Å². The molecule has 5 nitrogen and oxygen atoms in total. The number of nitrogens with zero attached hydrogens (tertiary/aromatic N) is 2. The molecule has 0 radical (unpaired) electrons. The zero-order valence-electron chi connectivity index (χ0n) is 11.0. The third kappa shape index (κ3) is 4.33. The molecule has 0 bridgehead atoms. The first-order chi connectivity index (χ1) is 8.69. The quantitative estimate of drug-likeness (QED) is 0.739. The Kier molecular flexibility index (Phi) is 6.14. The predicted molar refractivity (Wildman–Crippen MR) is 72.1 cm³/mol. The van der Waals surface area contributed by atoms with E-state index in [9.17, 15) is 4.79 Å². The van der Waals surface area contributed by atoms with Gasteiger partial charge in [-0.1, -0.05) is 13.8 Å². The van der Waals surface area contributed by atoms with Crippen molar-refractivity contribution in [3.8, 4) is 0 Å². The molecule has 0 saturated heterocycles. The van der Waals surface area contributed by atoms with Crippen molar-refractivity contribution >= 4 is 11.8 Å². The normalized spacial score (nSPS) is 10.6. The van der Waals surface area contributed by atoms with Gasteiger partial charge in [-0.2, -0.15) is 0 Å². The Bertz CT molecular complexity index is 382. The van der Waals surface area contributed by atoms with Crippen LogP contribution < -0.4 is 5.32 Å². The number of hydrogen-bond acceptors (Lipinski definition) is 4. The lowest BCUT2D eigenvalue weighted by molar-refractivity contribution is 0.0697. The Labute approximate surface area is 108 Å². The van der Waals surface area contributed by atoms with Crippen molar-refractivity contribution in [3.05, 3.63) is 23.9 Å². The van der Waals surface area contributed by atoms with E-state index in [0.717, 1.165) is 26.1 Å². The average Bonchev–Trinajstić information content (AvgIpc) is 2.38. The Morgan fingerprint density at radius 1 is 1.44 bits per heavy atom. The van der Waals surface area contributed by atoms with E-state index >= 15 is 0 Å². The van der Waals surface area contributed by atoms with E-state index < -0.39 is 5.97 Å². The summed E-state index contributed by atoms with van der Waals surface area (Å²) < 4.78 is 0. The molecule has 0 atom stereocenters. The average molecular weight is 251 g/mol. The highest BCUT2D eigenvalue weighted by atomic mass is 16.4. The number of hydrogen-bond donors (Lipinski definition) is 2. The number of likely N-dealkylation sites (N-methyl/N-ethyl adjacent to an activating group) is 1. The van der Waals surface area contributed by atoms with Crippen molar-refractivity contribution in [1.82, 2.24) is 9.88 Å². The van der Waals surface area contributed by atoms with Crippen molar-refractivity contribution in [3.63, 3.8) is 0 Å². The zero-order chi connectivity index (χ0) is 13.4. The molecule has 1 rings (SSSR count). The highest BCUT2D eigenvalue weighted by molar-refractivity contribution is 5.92. The van der Waals surface area contributed by atoms with Gasteiger partial charge in [0.1, 0.15) is 11.4 Å². The molecule has 0 unspecified atom stereocenters. The third-order valence-corrected chi connectivity index (χ3v) is 2.75. The van der Waals surface area contributed by atoms with Crippen molar-refractivity contribution in [2.24, 2.45) is 0 Å². The molecule has 18 heavy (non-hydrogen) atoms. The second-order valence-electron chi connectivity index (χ2n) is 4.07. The van der Waals surface area contributed by atoms with Gasteiger partial charge in [-0.25, -0.2) is 9.78 Å². The Morgan fingerprint density at radius 3 is 2.83 bits per heavy atom. The van der Waals surface area contributed by atoms with Crippen LogP contribution in [0.25, 0.3) is 0 Å².